The lowest BCUT2D eigenvalue weighted by Gasteiger charge is -2.04. The Morgan fingerprint density at radius 3 is 2.50 bits per heavy atom. The second-order valence-corrected chi connectivity index (χ2v) is 5.01. The summed E-state index contributed by atoms with van der Waals surface area (Å²) in [4.78, 5) is 24.2. The molecule has 0 atom stereocenters. The molecule has 8 heteroatoms. The van der Waals surface area contributed by atoms with E-state index in [2.05, 4.69) is 10.6 Å². The maximum absolute atomic E-state index is 12.1. The van der Waals surface area contributed by atoms with Gasteiger partial charge in [-0.2, -0.15) is 10.5 Å². The van der Waals surface area contributed by atoms with E-state index in [9.17, 15) is 9.59 Å². The average Bonchev–Trinajstić information content (AvgIpc) is 2.84. The summed E-state index contributed by atoms with van der Waals surface area (Å²) >= 11 is 1.05. The predicted molar refractivity (Wildman–Crippen MR) is 81.3 cm³/mol. The zero-order valence-electron chi connectivity index (χ0n) is 12.3. The van der Waals surface area contributed by atoms with Crippen LogP contribution in [-0.4, -0.2) is 25.5 Å². The van der Waals surface area contributed by atoms with Crippen molar-refractivity contribution in [2.75, 3.05) is 19.0 Å². The Hall–Kier alpha value is -2.84. The molecule has 1 heterocycles. The molecule has 1 rings (SSSR count). The Morgan fingerprint density at radius 2 is 2.00 bits per heavy atom. The highest BCUT2D eigenvalue weighted by atomic mass is 32.1. The van der Waals surface area contributed by atoms with Crippen LogP contribution in [0.1, 0.15) is 32.5 Å². The van der Waals surface area contributed by atoms with Gasteiger partial charge in [0.05, 0.1) is 17.0 Å². The third kappa shape index (κ3) is 3.62. The van der Waals surface area contributed by atoms with Crippen LogP contribution in [0.3, 0.4) is 0 Å². The van der Waals surface area contributed by atoms with Crippen molar-refractivity contribution in [3.63, 3.8) is 0 Å². The third-order valence-electron chi connectivity index (χ3n) is 2.65. The molecule has 0 bridgehead atoms. The van der Waals surface area contributed by atoms with Gasteiger partial charge in [-0.3, -0.25) is 4.79 Å². The van der Waals surface area contributed by atoms with Crippen LogP contribution < -0.4 is 10.6 Å². The molecular weight excluding hydrogens is 304 g/mol. The molecule has 0 spiro atoms. The molecule has 1 aromatic rings. The smallest absolute Gasteiger partial charge is 0.341 e. The fraction of sp³-hybridized carbons (Fsp3) is 0.286. The second-order valence-electron chi connectivity index (χ2n) is 3.99. The minimum absolute atomic E-state index is 0.151. The van der Waals surface area contributed by atoms with Gasteiger partial charge in [-0.05, 0) is 19.4 Å². The van der Waals surface area contributed by atoms with E-state index >= 15 is 0 Å². The number of nitrogens with zero attached hydrogens (tertiary/aromatic N) is 2. The van der Waals surface area contributed by atoms with E-state index in [0.29, 0.717) is 15.4 Å². The Kier molecular flexibility index (Phi) is 6.11. The highest BCUT2D eigenvalue weighted by Gasteiger charge is 2.24. The summed E-state index contributed by atoms with van der Waals surface area (Å²) in [6, 6.07) is 3.40. The summed E-state index contributed by atoms with van der Waals surface area (Å²) in [6.07, 6.45) is 1.18. The van der Waals surface area contributed by atoms with Gasteiger partial charge >= 0.3 is 5.97 Å². The zero-order valence-corrected chi connectivity index (χ0v) is 13.1. The summed E-state index contributed by atoms with van der Waals surface area (Å²) in [5.74, 6) is -0.899. The predicted octanol–water partition coefficient (Wildman–Crippen LogP) is 1.94. The quantitative estimate of drug-likeness (QED) is 0.633. The summed E-state index contributed by atoms with van der Waals surface area (Å²) in [7, 11) is 1.49. The number of rotatable bonds is 5. The molecule has 22 heavy (non-hydrogen) atoms. The topological polar surface area (TPSA) is 115 Å². The van der Waals surface area contributed by atoms with E-state index in [1.54, 1.807) is 26.0 Å². The molecule has 0 saturated heterocycles. The minimum Gasteiger partial charge on any atom is -0.462 e. The van der Waals surface area contributed by atoms with Gasteiger partial charge in [-0.15, -0.1) is 11.3 Å². The van der Waals surface area contributed by atoms with Gasteiger partial charge in [-0.1, -0.05) is 0 Å². The van der Waals surface area contributed by atoms with Crippen molar-refractivity contribution >= 4 is 28.2 Å². The molecule has 1 amide bonds. The highest BCUT2D eigenvalue weighted by molar-refractivity contribution is 7.18. The molecule has 7 nitrogen and oxygen atoms in total. The van der Waals surface area contributed by atoms with Crippen molar-refractivity contribution in [2.24, 2.45) is 0 Å². The standard InChI is InChI=1S/C14H14N4O3S/c1-4-21-14(20)10-8(2)11(12(19)17-3)22-13(10)18-7-9(5-15)6-16/h7,18H,4H2,1-3H3,(H,17,19). The number of nitriles is 2. The zero-order chi connectivity index (χ0) is 16.7. The number of amides is 1. The summed E-state index contributed by atoms with van der Waals surface area (Å²) in [5, 5.41) is 23.0. The Balaban J connectivity index is 3.33. The van der Waals surface area contributed by atoms with Gasteiger partial charge in [0.2, 0.25) is 0 Å². The van der Waals surface area contributed by atoms with Crippen molar-refractivity contribution in [3.05, 3.63) is 27.8 Å². The molecule has 2 N–H and O–H groups in total. The van der Waals surface area contributed by atoms with Crippen LogP contribution in [0, 0.1) is 29.6 Å². The van der Waals surface area contributed by atoms with Crippen LogP contribution in [0.5, 0.6) is 0 Å². The average molecular weight is 318 g/mol. The fourth-order valence-electron chi connectivity index (χ4n) is 1.62. The first-order chi connectivity index (χ1) is 10.5. The maximum Gasteiger partial charge on any atom is 0.341 e. The number of nitrogens with one attached hydrogen (secondary N) is 2. The molecule has 1 aromatic heterocycles. The monoisotopic (exact) mass is 318 g/mol. The lowest BCUT2D eigenvalue weighted by Crippen LogP contribution is -2.17. The Morgan fingerprint density at radius 1 is 1.36 bits per heavy atom. The van der Waals surface area contributed by atoms with Crippen LogP contribution in [0.2, 0.25) is 0 Å². The largest absolute Gasteiger partial charge is 0.462 e. The van der Waals surface area contributed by atoms with E-state index < -0.39 is 5.97 Å². The Bertz CT molecular complexity index is 691. The van der Waals surface area contributed by atoms with Crippen molar-refractivity contribution in [1.29, 1.82) is 10.5 Å². The number of thiophene rings is 1. The van der Waals surface area contributed by atoms with Crippen molar-refractivity contribution < 1.29 is 14.3 Å². The highest BCUT2D eigenvalue weighted by Crippen LogP contribution is 2.33. The van der Waals surface area contributed by atoms with Crippen LogP contribution in [0.15, 0.2) is 11.8 Å². The van der Waals surface area contributed by atoms with Gasteiger partial charge < -0.3 is 15.4 Å². The van der Waals surface area contributed by atoms with E-state index in [1.165, 1.54) is 13.2 Å². The van der Waals surface area contributed by atoms with E-state index in [4.69, 9.17) is 15.3 Å². The lowest BCUT2D eigenvalue weighted by atomic mass is 10.1. The number of carbonyl (C=O) groups is 2. The molecule has 0 fully saturated rings. The molecule has 0 aliphatic carbocycles. The third-order valence-corrected chi connectivity index (χ3v) is 3.87. The SMILES string of the molecule is CCOC(=O)c1c(NC=C(C#N)C#N)sc(C(=O)NC)c1C. The van der Waals surface area contributed by atoms with Gasteiger partial charge in [0.25, 0.3) is 5.91 Å². The van der Waals surface area contributed by atoms with Crippen molar-refractivity contribution in [2.45, 2.75) is 13.8 Å². The first-order valence-electron chi connectivity index (χ1n) is 6.29. The van der Waals surface area contributed by atoms with E-state index in [1.807, 2.05) is 0 Å². The number of hydrogen-bond acceptors (Lipinski definition) is 7. The van der Waals surface area contributed by atoms with Crippen molar-refractivity contribution in [3.8, 4) is 12.1 Å². The number of anilines is 1. The summed E-state index contributed by atoms with van der Waals surface area (Å²) in [6.45, 7) is 3.51. The van der Waals surface area contributed by atoms with Gasteiger partial charge in [-0.25, -0.2) is 4.79 Å². The normalized spacial score (nSPS) is 9.14. The molecule has 0 aliphatic rings. The number of esters is 1. The fourth-order valence-corrected chi connectivity index (χ4v) is 2.73. The van der Waals surface area contributed by atoms with Crippen LogP contribution in [0.25, 0.3) is 0 Å². The summed E-state index contributed by atoms with van der Waals surface area (Å²) < 4.78 is 4.98. The molecule has 0 unspecified atom stereocenters. The molecule has 0 saturated carbocycles. The van der Waals surface area contributed by atoms with E-state index in [-0.39, 0.29) is 23.7 Å². The minimum atomic E-state index is -0.572. The first-order valence-corrected chi connectivity index (χ1v) is 7.11. The van der Waals surface area contributed by atoms with Crippen LogP contribution in [-0.2, 0) is 4.74 Å². The maximum atomic E-state index is 12.1. The van der Waals surface area contributed by atoms with Gasteiger partial charge in [0, 0.05) is 13.2 Å². The number of carbonyl (C=O) groups excluding carboxylic acids is 2. The molecule has 114 valence electrons. The number of allylic oxidation sites excluding steroid dienone is 1. The Labute approximate surface area is 131 Å². The van der Waals surface area contributed by atoms with Crippen LogP contribution in [0.4, 0.5) is 5.00 Å². The molecular formula is C14H14N4O3S. The van der Waals surface area contributed by atoms with Crippen molar-refractivity contribution in [1.82, 2.24) is 5.32 Å². The molecule has 0 aliphatic heterocycles. The number of hydrogen-bond donors (Lipinski definition) is 2. The van der Waals surface area contributed by atoms with Gasteiger partial charge in [0.1, 0.15) is 22.7 Å². The van der Waals surface area contributed by atoms with Crippen LogP contribution >= 0.6 is 11.3 Å². The van der Waals surface area contributed by atoms with Gasteiger partial charge in [0.15, 0.2) is 0 Å². The second kappa shape index (κ2) is 7.81. The molecule has 0 radical (unpaired) electrons. The van der Waals surface area contributed by atoms with E-state index in [0.717, 1.165) is 11.3 Å². The summed E-state index contributed by atoms with van der Waals surface area (Å²) in [5.41, 5.74) is 0.549. The lowest BCUT2D eigenvalue weighted by molar-refractivity contribution is 0.0527. The number of ether oxygens (including phenoxy) is 1. The first kappa shape index (κ1) is 17.2. The molecule has 0 aromatic carbocycles.